The summed E-state index contributed by atoms with van der Waals surface area (Å²) in [6, 6.07) is 0.721. The molecule has 2 saturated carbocycles. The second-order valence-corrected chi connectivity index (χ2v) is 4.54. The zero-order valence-electron chi connectivity index (χ0n) is 7.79. The van der Waals surface area contributed by atoms with E-state index in [1.54, 1.807) is 0 Å². The summed E-state index contributed by atoms with van der Waals surface area (Å²) in [5.41, 5.74) is 0. The lowest BCUT2D eigenvalue weighted by Crippen LogP contribution is -2.38. The van der Waals surface area contributed by atoms with Gasteiger partial charge in [-0.25, -0.2) is 0 Å². The maximum absolute atomic E-state index is 9.12. The van der Waals surface area contributed by atoms with E-state index in [1.807, 2.05) is 6.92 Å². The van der Waals surface area contributed by atoms with Crippen molar-refractivity contribution in [1.29, 1.82) is 0 Å². The Bertz CT molecular complexity index is 158. The Morgan fingerprint density at radius 2 is 2.25 bits per heavy atom. The molecule has 0 aromatic heterocycles. The Morgan fingerprint density at radius 3 is 2.75 bits per heavy atom. The van der Waals surface area contributed by atoms with Crippen LogP contribution in [0.2, 0.25) is 0 Å². The molecule has 2 rings (SSSR count). The normalized spacial score (nSPS) is 42.0. The van der Waals surface area contributed by atoms with E-state index < -0.39 is 0 Å². The molecule has 0 spiro atoms. The topological polar surface area (TPSA) is 32.3 Å². The summed E-state index contributed by atoms with van der Waals surface area (Å²) in [5, 5.41) is 12.6. The summed E-state index contributed by atoms with van der Waals surface area (Å²) in [6.45, 7) is 2.62. The Kier molecular flexibility index (Phi) is 2.37. The minimum absolute atomic E-state index is 0.191. The van der Waals surface area contributed by atoms with Crippen LogP contribution < -0.4 is 5.32 Å². The summed E-state index contributed by atoms with van der Waals surface area (Å²) < 4.78 is 0. The van der Waals surface area contributed by atoms with Crippen LogP contribution in [0, 0.1) is 11.8 Å². The van der Waals surface area contributed by atoms with Crippen LogP contribution in [0.3, 0.4) is 0 Å². The van der Waals surface area contributed by atoms with Crippen LogP contribution in [0.4, 0.5) is 0 Å². The molecular formula is C10H19NO. The number of fused-ring (bicyclic) bond motifs is 2. The van der Waals surface area contributed by atoms with E-state index in [0.717, 1.165) is 24.4 Å². The number of hydrogen-bond donors (Lipinski definition) is 2. The Morgan fingerprint density at radius 1 is 1.42 bits per heavy atom. The van der Waals surface area contributed by atoms with E-state index in [0.29, 0.717) is 0 Å². The molecule has 70 valence electrons. The molecule has 0 aromatic carbocycles. The molecule has 2 bridgehead atoms. The van der Waals surface area contributed by atoms with Gasteiger partial charge in [0.15, 0.2) is 0 Å². The molecule has 0 aliphatic heterocycles. The first-order valence-electron chi connectivity index (χ1n) is 5.17. The first-order chi connectivity index (χ1) is 5.75. The Labute approximate surface area is 74.4 Å². The van der Waals surface area contributed by atoms with Gasteiger partial charge in [0.25, 0.3) is 0 Å². The second kappa shape index (κ2) is 3.35. The van der Waals surface area contributed by atoms with Crippen molar-refractivity contribution >= 4 is 0 Å². The van der Waals surface area contributed by atoms with E-state index in [1.165, 1.54) is 25.7 Å². The minimum Gasteiger partial charge on any atom is -0.392 e. The second-order valence-electron chi connectivity index (χ2n) is 4.54. The zero-order valence-corrected chi connectivity index (χ0v) is 7.79. The predicted octanol–water partition coefficient (Wildman–Crippen LogP) is 1.15. The number of hydrogen-bond acceptors (Lipinski definition) is 2. The van der Waals surface area contributed by atoms with Crippen molar-refractivity contribution in [1.82, 2.24) is 5.32 Å². The van der Waals surface area contributed by atoms with Crippen molar-refractivity contribution in [3.8, 4) is 0 Å². The number of rotatable bonds is 3. The summed E-state index contributed by atoms with van der Waals surface area (Å²) >= 11 is 0. The maximum Gasteiger partial charge on any atom is 0.0636 e. The fourth-order valence-corrected chi connectivity index (χ4v) is 2.82. The summed E-state index contributed by atoms with van der Waals surface area (Å²) in [7, 11) is 0. The molecule has 12 heavy (non-hydrogen) atoms. The van der Waals surface area contributed by atoms with Gasteiger partial charge in [-0.2, -0.15) is 0 Å². The number of aliphatic hydroxyl groups excluding tert-OH is 1. The molecule has 2 heteroatoms. The highest BCUT2D eigenvalue weighted by atomic mass is 16.3. The average molecular weight is 169 g/mol. The smallest absolute Gasteiger partial charge is 0.0636 e. The fraction of sp³-hybridized carbons (Fsp3) is 1.00. The Hall–Kier alpha value is -0.0800. The van der Waals surface area contributed by atoms with Gasteiger partial charge >= 0.3 is 0 Å². The molecule has 2 aliphatic carbocycles. The van der Waals surface area contributed by atoms with E-state index in [9.17, 15) is 0 Å². The molecule has 0 saturated heterocycles. The fourth-order valence-electron chi connectivity index (χ4n) is 2.82. The highest BCUT2D eigenvalue weighted by molar-refractivity contribution is 4.94. The van der Waals surface area contributed by atoms with Gasteiger partial charge in [0.1, 0.15) is 0 Å². The van der Waals surface area contributed by atoms with Gasteiger partial charge in [0, 0.05) is 12.6 Å². The van der Waals surface area contributed by atoms with Gasteiger partial charge in [0.05, 0.1) is 6.10 Å². The van der Waals surface area contributed by atoms with Crippen LogP contribution in [0.15, 0.2) is 0 Å². The summed E-state index contributed by atoms with van der Waals surface area (Å²) in [6.07, 6.45) is 5.48. The van der Waals surface area contributed by atoms with Crippen molar-refractivity contribution in [2.45, 2.75) is 44.8 Å². The molecule has 2 N–H and O–H groups in total. The average Bonchev–Trinajstić information content (AvgIpc) is 2.60. The van der Waals surface area contributed by atoms with Gasteiger partial charge in [-0.05, 0) is 38.0 Å². The van der Waals surface area contributed by atoms with Gasteiger partial charge in [0.2, 0.25) is 0 Å². The molecule has 2 aliphatic rings. The lowest BCUT2D eigenvalue weighted by molar-refractivity contribution is 0.179. The minimum atomic E-state index is -0.191. The first kappa shape index (κ1) is 8.52. The molecule has 0 amide bonds. The van der Waals surface area contributed by atoms with Crippen molar-refractivity contribution < 1.29 is 5.11 Å². The SMILES string of the molecule is C[C@@H](O)CN[C@H]1C[C@H]2CC[C@H]1C2. The highest BCUT2D eigenvalue weighted by Crippen LogP contribution is 2.44. The van der Waals surface area contributed by atoms with E-state index in [-0.39, 0.29) is 6.10 Å². The van der Waals surface area contributed by atoms with Crippen molar-refractivity contribution in [3.63, 3.8) is 0 Å². The van der Waals surface area contributed by atoms with Crippen LogP contribution in [-0.4, -0.2) is 23.8 Å². The van der Waals surface area contributed by atoms with Crippen molar-refractivity contribution in [2.75, 3.05) is 6.54 Å². The number of aliphatic hydroxyl groups is 1. The number of nitrogens with one attached hydrogen (secondary N) is 1. The van der Waals surface area contributed by atoms with Gasteiger partial charge in [-0.3, -0.25) is 0 Å². The van der Waals surface area contributed by atoms with E-state index in [2.05, 4.69) is 5.32 Å². The predicted molar refractivity (Wildman–Crippen MR) is 48.9 cm³/mol. The molecule has 2 fully saturated rings. The lowest BCUT2D eigenvalue weighted by Gasteiger charge is -2.23. The van der Waals surface area contributed by atoms with Crippen LogP contribution in [0.25, 0.3) is 0 Å². The molecule has 4 atom stereocenters. The van der Waals surface area contributed by atoms with Gasteiger partial charge in [-0.1, -0.05) is 6.42 Å². The standard InChI is InChI=1S/C10H19NO/c1-7(12)6-11-10-5-8-2-3-9(10)4-8/h7-12H,2-6H2,1H3/t7-,8+,9+,10+/m1/s1. The van der Waals surface area contributed by atoms with E-state index in [4.69, 9.17) is 5.11 Å². The van der Waals surface area contributed by atoms with E-state index >= 15 is 0 Å². The van der Waals surface area contributed by atoms with Gasteiger partial charge < -0.3 is 10.4 Å². The largest absolute Gasteiger partial charge is 0.392 e. The third kappa shape index (κ3) is 1.64. The third-order valence-corrected chi connectivity index (χ3v) is 3.41. The van der Waals surface area contributed by atoms with Gasteiger partial charge in [-0.15, -0.1) is 0 Å². The van der Waals surface area contributed by atoms with Crippen LogP contribution in [0.1, 0.15) is 32.6 Å². The summed E-state index contributed by atoms with van der Waals surface area (Å²) in [5.74, 6) is 1.93. The zero-order chi connectivity index (χ0) is 8.55. The third-order valence-electron chi connectivity index (χ3n) is 3.41. The quantitative estimate of drug-likeness (QED) is 0.664. The molecule has 0 radical (unpaired) electrons. The maximum atomic E-state index is 9.12. The lowest BCUT2D eigenvalue weighted by atomic mass is 9.95. The molecule has 0 aromatic rings. The highest BCUT2D eigenvalue weighted by Gasteiger charge is 2.38. The molecule has 2 nitrogen and oxygen atoms in total. The first-order valence-corrected chi connectivity index (χ1v) is 5.17. The monoisotopic (exact) mass is 169 g/mol. The molecule has 0 unspecified atom stereocenters. The molecular weight excluding hydrogens is 150 g/mol. The van der Waals surface area contributed by atoms with Crippen LogP contribution >= 0.6 is 0 Å². The van der Waals surface area contributed by atoms with Crippen LogP contribution in [0.5, 0.6) is 0 Å². The van der Waals surface area contributed by atoms with Crippen molar-refractivity contribution in [3.05, 3.63) is 0 Å². The Balaban J connectivity index is 1.76. The summed E-state index contributed by atoms with van der Waals surface area (Å²) in [4.78, 5) is 0. The molecule has 0 heterocycles. The van der Waals surface area contributed by atoms with Crippen LogP contribution in [-0.2, 0) is 0 Å². The van der Waals surface area contributed by atoms with Crippen molar-refractivity contribution in [2.24, 2.45) is 11.8 Å².